The molecule has 4 unspecified atom stereocenters. The van der Waals surface area contributed by atoms with Crippen LogP contribution in [0.3, 0.4) is 0 Å². The molecule has 0 aliphatic rings. The number of thioether (sulfide) groups is 1. The summed E-state index contributed by atoms with van der Waals surface area (Å²) >= 11 is 1.44. The summed E-state index contributed by atoms with van der Waals surface area (Å²) < 4.78 is 0. The summed E-state index contributed by atoms with van der Waals surface area (Å²) in [6.45, 7) is 0.574. The van der Waals surface area contributed by atoms with E-state index in [0.717, 1.165) is 0 Å². The van der Waals surface area contributed by atoms with Gasteiger partial charge in [-0.15, -0.1) is 0 Å². The quantitative estimate of drug-likeness (QED) is 0.255. The highest BCUT2D eigenvalue weighted by atomic mass is 32.2. The van der Waals surface area contributed by atoms with Gasteiger partial charge in [0.1, 0.15) is 18.1 Å². The van der Waals surface area contributed by atoms with Gasteiger partial charge >= 0.3 is 5.97 Å². The zero-order valence-electron chi connectivity index (χ0n) is 12.5. The van der Waals surface area contributed by atoms with E-state index in [1.165, 1.54) is 18.7 Å². The van der Waals surface area contributed by atoms with Gasteiger partial charge in [0.15, 0.2) is 0 Å². The fourth-order valence-corrected chi connectivity index (χ4v) is 1.92. The second kappa shape index (κ2) is 10.4. The Morgan fingerprint density at radius 2 is 1.73 bits per heavy atom. The summed E-state index contributed by atoms with van der Waals surface area (Å²) in [5.41, 5.74) is 5.48. The maximum absolute atomic E-state index is 12.0. The van der Waals surface area contributed by atoms with Crippen molar-refractivity contribution < 1.29 is 29.7 Å². The molecular weight excluding hydrogens is 314 g/mol. The van der Waals surface area contributed by atoms with Crippen LogP contribution < -0.4 is 16.4 Å². The highest BCUT2D eigenvalue weighted by molar-refractivity contribution is 7.98. The minimum absolute atomic E-state index is 0.253. The zero-order valence-corrected chi connectivity index (χ0v) is 13.3. The number of hydrogen-bond donors (Lipinski definition) is 6. The molecule has 0 saturated heterocycles. The molecule has 0 aromatic rings. The lowest BCUT2D eigenvalue weighted by molar-refractivity contribution is -0.143. The molecule has 0 heterocycles. The molecule has 0 radical (unpaired) electrons. The number of nitrogens with two attached hydrogens (primary N) is 1. The van der Waals surface area contributed by atoms with Gasteiger partial charge in [0.2, 0.25) is 11.8 Å². The van der Waals surface area contributed by atoms with Gasteiger partial charge in [-0.2, -0.15) is 11.8 Å². The molecule has 4 atom stereocenters. The van der Waals surface area contributed by atoms with Crippen LogP contribution in [0.25, 0.3) is 0 Å². The van der Waals surface area contributed by atoms with E-state index in [2.05, 4.69) is 10.6 Å². The van der Waals surface area contributed by atoms with Crippen LogP contribution >= 0.6 is 11.8 Å². The Morgan fingerprint density at radius 3 is 2.14 bits per heavy atom. The number of aliphatic hydroxyl groups excluding tert-OH is 2. The lowest BCUT2D eigenvalue weighted by Crippen LogP contribution is -2.56. The molecule has 22 heavy (non-hydrogen) atoms. The molecule has 0 aliphatic heterocycles. The molecular formula is C12H23N3O6S. The van der Waals surface area contributed by atoms with E-state index in [9.17, 15) is 19.5 Å². The Morgan fingerprint density at radius 1 is 1.18 bits per heavy atom. The molecule has 9 nitrogen and oxygen atoms in total. The highest BCUT2D eigenvalue weighted by Gasteiger charge is 2.28. The van der Waals surface area contributed by atoms with Crippen molar-refractivity contribution in [3.05, 3.63) is 0 Å². The molecule has 0 saturated carbocycles. The van der Waals surface area contributed by atoms with Crippen LogP contribution in [-0.4, -0.2) is 75.9 Å². The van der Waals surface area contributed by atoms with Gasteiger partial charge in [0.25, 0.3) is 0 Å². The maximum atomic E-state index is 12.0. The molecule has 128 valence electrons. The first kappa shape index (κ1) is 20.6. The van der Waals surface area contributed by atoms with Crippen molar-refractivity contribution in [2.45, 2.75) is 37.6 Å². The minimum atomic E-state index is -1.45. The number of aliphatic hydroxyl groups is 2. The molecule has 0 aliphatic carbocycles. The third-order valence-electron chi connectivity index (χ3n) is 2.86. The molecule has 0 bridgehead atoms. The fourth-order valence-electron chi connectivity index (χ4n) is 1.45. The minimum Gasteiger partial charge on any atom is -0.480 e. The van der Waals surface area contributed by atoms with Gasteiger partial charge in [0.05, 0.1) is 12.7 Å². The Labute approximate surface area is 132 Å². The van der Waals surface area contributed by atoms with Crippen LogP contribution in [0.15, 0.2) is 0 Å². The van der Waals surface area contributed by atoms with Crippen LogP contribution in [-0.2, 0) is 14.4 Å². The highest BCUT2D eigenvalue weighted by Crippen LogP contribution is 2.03. The number of carboxylic acid groups (broad SMARTS) is 1. The molecule has 0 fully saturated rings. The molecule has 10 heteroatoms. The van der Waals surface area contributed by atoms with E-state index in [1.54, 1.807) is 0 Å². The van der Waals surface area contributed by atoms with Crippen LogP contribution in [0.1, 0.15) is 13.3 Å². The summed E-state index contributed by atoms with van der Waals surface area (Å²) in [4.78, 5) is 34.6. The van der Waals surface area contributed by atoms with Gasteiger partial charge < -0.3 is 31.7 Å². The summed E-state index contributed by atoms with van der Waals surface area (Å²) in [6.07, 6.45) is 0.975. The van der Waals surface area contributed by atoms with Gasteiger partial charge in [0, 0.05) is 0 Å². The Kier molecular flexibility index (Phi) is 9.74. The van der Waals surface area contributed by atoms with Crippen molar-refractivity contribution in [1.82, 2.24) is 10.6 Å². The maximum Gasteiger partial charge on any atom is 0.328 e. The fraction of sp³-hybridized carbons (Fsp3) is 0.750. The number of hydrogen-bond acceptors (Lipinski definition) is 7. The predicted molar refractivity (Wildman–Crippen MR) is 81.2 cm³/mol. The molecule has 7 N–H and O–H groups in total. The number of carbonyl (C=O) groups excluding carboxylic acids is 2. The van der Waals surface area contributed by atoms with E-state index < -0.39 is 48.6 Å². The number of aliphatic carboxylic acids is 1. The number of carbonyl (C=O) groups is 3. The smallest absolute Gasteiger partial charge is 0.328 e. The van der Waals surface area contributed by atoms with Gasteiger partial charge in [-0.05, 0) is 25.4 Å². The lowest BCUT2D eigenvalue weighted by atomic mass is 10.1. The first-order valence-electron chi connectivity index (χ1n) is 6.61. The Balaban J connectivity index is 4.84. The second-order valence-corrected chi connectivity index (χ2v) is 5.68. The van der Waals surface area contributed by atoms with Crippen molar-refractivity contribution in [2.24, 2.45) is 5.73 Å². The average Bonchev–Trinajstić information content (AvgIpc) is 2.46. The van der Waals surface area contributed by atoms with Gasteiger partial charge in [-0.1, -0.05) is 0 Å². The van der Waals surface area contributed by atoms with E-state index in [0.29, 0.717) is 5.75 Å². The van der Waals surface area contributed by atoms with Crippen LogP contribution in [0, 0.1) is 0 Å². The molecule has 2 amide bonds. The third kappa shape index (κ3) is 7.07. The van der Waals surface area contributed by atoms with Crippen molar-refractivity contribution in [1.29, 1.82) is 0 Å². The van der Waals surface area contributed by atoms with Crippen LogP contribution in [0.2, 0.25) is 0 Å². The van der Waals surface area contributed by atoms with E-state index in [4.69, 9.17) is 15.9 Å². The van der Waals surface area contributed by atoms with Crippen molar-refractivity contribution >= 4 is 29.5 Å². The Hall–Kier alpha value is -1.36. The van der Waals surface area contributed by atoms with Gasteiger partial charge in [-0.25, -0.2) is 4.79 Å². The Bertz CT molecular complexity index is 393. The van der Waals surface area contributed by atoms with Crippen molar-refractivity contribution in [3.8, 4) is 0 Å². The van der Waals surface area contributed by atoms with Crippen LogP contribution in [0.5, 0.6) is 0 Å². The number of amides is 2. The first-order chi connectivity index (χ1) is 10.2. The number of nitrogens with one attached hydrogen (secondary N) is 2. The number of carboxylic acids is 1. The van der Waals surface area contributed by atoms with Crippen molar-refractivity contribution in [3.63, 3.8) is 0 Å². The van der Waals surface area contributed by atoms with E-state index in [1.807, 2.05) is 6.26 Å². The summed E-state index contributed by atoms with van der Waals surface area (Å²) in [7, 11) is 0. The third-order valence-corrected chi connectivity index (χ3v) is 3.51. The van der Waals surface area contributed by atoms with Crippen molar-refractivity contribution in [2.75, 3.05) is 18.6 Å². The predicted octanol–water partition coefficient (Wildman–Crippen LogP) is -2.51. The first-order valence-corrected chi connectivity index (χ1v) is 8.01. The largest absolute Gasteiger partial charge is 0.480 e. The molecule has 0 aromatic carbocycles. The average molecular weight is 337 g/mol. The van der Waals surface area contributed by atoms with Gasteiger partial charge in [-0.3, -0.25) is 9.59 Å². The normalized spacial score (nSPS) is 16.2. The zero-order chi connectivity index (χ0) is 17.3. The topological polar surface area (TPSA) is 162 Å². The molecule has 0 spiro atoms. The van der Waals surface area contributed by atoms with Crippen LogP contribution in [0.4, 0.5) is 0 Å². The SMILES string of the molecule is CSCCC(NC(=O)C(N)C(C)O)C(=O)NC(CO)C(=O)O. The second-order valence-electron chi connectivity index (χ2n) is 4.69. The summed E-state index contributed by atoms with van der Waals surface area (Å²) in [5, 5.41) is 31.5. The van der Waals surface area contributed by atoms with E-state index >= 15 is 0 Å². The monoisotopic (exact) mass is 337 g/mol. The number of rotatable bonds is 10. The summed E-state index contributed by atoms with van der Waals surface area (Å²) in [5.74, 6) is -2.29. The molecule has 0 aromatic heterocycles. The molecule has 0 rings (SSSR count). The summed E-state index contributed by atoms with van der Waals surface area (Å²) in [6, 6.07) is -3.65. The lowest BCUT2D eigenvalue weighted by Gasteiger charge is -2.22. The standard InChI is InChI=1S/C12H23N3O6S/c1-6(17)9(13)11(19)14-7(3-4-22-2)10(18)15-8(5-16)12(20)21/h6-9,16-17H,3-5,13H2,1-2H3,(H,14,19)(H,15,18)(H,20,21). The van der Waals surface area contributed by atoms with E-state index in [-0.39, 0.29) is 6.42 Å².